The van der Waals surface area contributed by atoms with Crippen LogP contribution in [0.4, 0.5) is 8.78 Å². The van der Waals surface area contributed by atoms with Crippen LogP contribution in [-0.4, -0.2) is 28.7 Å². The van der Waals surface area contributed by atoms with Crippen molar-refractivity contribution < 1.29 is 13.6 Å². The van der Waals surface area contributed by atoms with Crippen molar-refractivity contribution in [3.63, 3.8) is 0 Å². The maximum atomic E-state index is 14.1. The lowest BCUT2D eigenvalue weighted by molar-refractivity contribution is 0.0600. The smallest absolute Gasteiger partial charge is 0.260 e. The summed E-state index contributed by atoms with van der Waals surface area (Å²) < 4.78 is 27.9. The molecule has 1 amide bonds. The molecule has 1 atom stereocenters. The molecule has 2 rings (SSSR count). The predicted octanol–water partition coefficient (Wildman–Crippen LogP) is 4.05. The molecule has 0 spiro atoms. The molecular formula is C15H18BrF2NO. The van der Waals surface area contributed by atoms with E-state index in [1.165, 1.54) is 13.0 Å². The molecular weight excluding hydrogens is 328 g/mol. The molecule has 0 radical (unpaired) electrons. The first kappa shape index (κ1) is 15.4. The molecule has 20 heavy (non-hydrogen) atoms. The van der Waals surface area contributed by atoms with E-state index >= 15 is 0 Å². The SMILES string of the molecule is Cc1ccc(F)c(C(=O)N2CCCCC2CCBr)c1F. The summed E-state index contributed by atoms with van der Waals surface area (Å²) in [5.41, 5.74) is -0.115. The Morgan fingerprint density at radius 2 is 2.15 bits per heavy atom. The number of likely N-dealkylation sites (tertiary alicyclic amines) is 1. The third-order valence-electron chi connectivity index (χ3n) is 3.83. The number of rotatable bonds is 3. The molecule has 0 bridgehead atoms. The van der Waals surface area contributed by atoms with Crippen LogP contribution in [0.1, 0.15) is 41.6 Å². The van der Waals surface area contributed by atoms with Gasteiger partial charge in [-0.25, -0.2) is 8.78 Å². The zero-order chi connectivity index (χ0) is 14.7. The summed E-state index contributed by atoms with van der Waals surface area (Å²) >= 11 is 3.37. The third kappa shape index (κ3) is 3.03. The van der Waals surface area contributed by atoms with Crippen LogP contribution < -0.4 is 0 Å². The lowest BCUT2D eigenvalue weighted by Crippen LogP contribution is -2.44. The Labute approximate surface area is 126 Å². The quantitative estimate of drug-likeness (QED) is 0.756. The zero-order valence-corrected chi connectivity index (χ0v) is 13.1. The van der Waals surface area contributed by atoms with Gasteiger partial charge in [0, 0.05) is 17.9 Å². The number of alkyl halides is 1. The highest BCUT2D eigenvalue weighted by Gasteiger charge is 2.30. The van der Waals surface area contributed by atoms with Gasteiger partial charge >= 0.3 is 0 Å². The Morgan fingerprint density at radius 1 is 1.40 bits per heavy atom. The minimum atomic E-state index is -0.777. The van der Waals surface area contributed by atoms with E-state index in [1.807, 2.05) is 0 Å². The van der Waals surface area contributed by atoms with Gasteiger partial charge in [-0.3, -0.25) is 4.79 Å². The van der Waals surface area contributed by atoms with Crippen LogP contribution in [-0.2, 0) is 0 Å². The van der Waals surface area contributed by atoms with Crippen molar-refractivity contribution in [2.75, 3.05) is 11.9 Å². The number of benzene rings is 1. The predicted molar refractivity (Wildman–Crippen MR) is 78.2 cm³/mol. The molecule has 5 heteroatoms. The zero-order valence-electron chi connectivity index (χ0n) is 11.5. The van der Waals surface area contributed by atoms with Gasteiger partial charge in [0.15, 0.2) is 0 Å². The van der Waals surface area contributed by atoms with Crippen LogP contribution in [0.25, 0.3) is 0 Å². The van der Waals surface area contributed by atoms with Gasteiger partial charge in [0.05, 0.1) is 0 Å². The lowest BCUT2D eigenvalue weighted by atomic mass is 9.98. The minimum Gasteiger partial charge on any atom is -0.335 e. The molecule has 1 saturated heterocycles. The van der Waals surface area contributed by atoms with Gasteiger partial charge in [0.25, 0.3) is 5.91 Å². The highest BCUT2D eigenvalue weighted by atomic mass is 79.9. The monoisotopic (exact) mass is 345 g/mol. The van der Waals surface area contributed by atoms with E-state index in [1.54, 1.807) is 4.90 Å². The van der Waals surface area contributed by atoms with Crippen LogP contribution in [0.2, 0.25) is 0 Å². The van der Waals surface area contributed by atoms with E-state index in [4.69, 9.17) is 0 Å². The number of hydrogen-bond acceptors (Lipinski definition) is 1. The molecule has 0 aromatic heterocycles. The topological polar surface area (TPSA) is 20.3 Å². The third-order valence-corrected chi connectivity index (χ3v) is 4.29. The summed E-state index contributed by atoms with van der Waals surface area (Å²) in [7, 11) is 0. The molecule has 110 valence electrons. The molecule has 2 nitrogen and oxygen atoms in total. The number of aryl methyl sites for hydroxylation is 1. The number of halogens is 3. The van der Waals surface area contributed by atoms with Crippen LogP contribution in [0.5, 0.6) is 0 Å². The van der Waals surface area contributed by atoms with E-state index in [0.717, 1.165) is 37.1 Å². The van der Waals surface area contributed by atoms with Gasteiger partial charge < -0.3 is 4.90 Å². The van der Waals surface area contributed by atoms with Gasteiger partial charge in [-0.1, -0.05) is 22.0 Å². The van der Waals surface area contributed by atoms with Gasteiger partial charge in [0.2, 0.25) is 0 Å². The fraction of sp³-hybridized carbons (Fsp3) is 0.533. The average molecular weight is 346 g/mol. The molecule has 1 unspecified atom stereocenters. The summed E-state index contributed by atoms with van der Waals surface area (Å²) in [5.74, 6) is -2.03. The number of carbonyl (C=O) groups excluding carboxylic acids is 1. The molecule has 1 fully saturated rings. The summed E-state index contributed by atoms with van der Waals surface area (Å²) in [5, 5.41) is 0.778. The molecule has 1 aromatic rings. The summed E-state index contributed by atoms with van der Waals surface area (Å²) in [6.45, 7) is 2.11. The highest BCUT2D eigenvalue weighted by molar-refractivity contribution is 9.09. The second kappa shape index (κ2) is 6.66. The van der Waals surface area contributed by atoms with Gasteiger partial charge in [0.1, 0.15) is 17.2 Å². The Bertz CT molecular complexity index is 505. The largest absolute Gasteiger partial charge is 0.335 e. The normalized spacial score (nSPS) is 19.2. The molecule has 1 aliphatic rings. The van der Waals surface area contributed by atoms with Crippen LogP contribution in [0, 0.1) is 18.6 Å². The summed E-state index contributed by atoms with van der Waals surface area (Å²) in [6.07, 6.45) is 3.65. The molecule has 0 N–H and O–H groups in total. The number of hydrogen-bond donors (Lipinski definition) is 0. The van der Waals surface area contributed by atoms with Crippen molar-refractivity contribution >= 4 is 21.8 Å². The Balaban J connectivity index is 2.32. The van der Waals surface area contributed by atoms with E-state index in [0.29, 0.717) is 12.1 Å². The standard InChI is InChI=1S/C15H18BrF2NO/c1-10-5-6-12(17)13(14(10)18)15(20)19-9-3-2-4-11(19)7-8-16/h5-6,11H,2-4,7-9H2,1H3. The van der Waals surface area contributed by atoms with E-state index < -0.39 is 23.1 Å². The first-order valence-corrected chi connectivity index (χ1v) is 8.00. The number of amides is 1. The molecule has 1 aromatic carbocycles. The Morgan fingerprint density at radius 3 is 2.85 bits per heavy atom. The fourth-order valence-corrected chi connectivity index (χ4v) is 3.22. The molecule has 0 saturated carbocycles. The van der Waals surface area contributed by atoms with Crippen LogP contribution >= 0.6 is 15.9 Å². The van der Waals surface area contributed by atoms with E-state index in [2.05, 4.69) is 15.9 Å². The summed E-state index contributed by atoms with van der Waals surface area (Å²) in [4.78, 5) is 14.1. The highest BCUT2D eigenvalue weighted by Crippen LogP contribution is 2.25. The van der Waals surface area contributed by atoms with Crippen LogP contribution in [0.3, 0.4) is 0 Å². The second-order valence-electron chi connectivity index (χ2n) is 5.18. The van der Waals surface area contributed by atoms with Crippen LogP contribution in [0.15, 0.2) is 12.1 Å². The van der Waals surface area contributed by atoms with E-state index in [9.17, 15) is 13.6 Å². The first-order chi connectivity index (χ1) is 9.56. The maximum absolute atomic E-state index is 14.1. The molecule has 1 aliphatic heterocycles. The number of carbonyl (C=O) groups is 1. The van der Waals surface area contributed by atoms with Gasteiger partial charge in [-0.2, -0.15) is 0 Å². The van der Waals surface area contributed by atoms with Crippen molar-refractivity contribution in [1.82, 2.24) is 4.90 Å². The average Bonchev–Trinajstić information content (AvgIpc) is 2.44. The Kier molecular flexibility index (Phi) is 5.13. The fourth-order valence-electron chi connectivity index (χ4n) is 2.69. The number of nitrogens with zero attached hydrogens (tertiary/aromatic N) is 1. The van der Waals surface area contributed by atoms with Crippen molar-refractivity contribution in [1.29, 1.82) is 0 Å². The first-order valence-electron chi connectivity index (χ1n) is 6.87. The van der Waals surface area contributed by atoms with Crippen molar-refractivity contribution in [3.8, 4) is 0 Å². The Hall–Kier alpha value is -0.970. The van der Waals surface area contributed by atoms with Gasteiger partial charge in [-0.05, 0) is 44.2 Å². The maximum Gasteiger partial charge on any atom is 0.260 e. The van der Waals surface area contributed by atoms with Crippen molar-refractivity contribution in [2.24, 2.45) is 0 Å². The lowest BCUT2D eigenvalue weighted by Gasteiger charge is -2.35. The summed E-state index contributed by atoms with van der Waals surface area (Å²) in [6, 6.07) is 2.58. The molecule has 0 aliphatic carbocycles. The second-order valence-corrected chi connectivity index (χ2v) is 5.97. The number of piperidine rings is 1. The van der Waals surface area contributed by atoms with Gasteiger partial charge in [-0.15, -0.1) is 0 Å². The molecule has 1 heterocycles. The van der Waals surface area contributed by atoms with Crippen molar-refractivity contribution in [3.05, 3.63) is 34.9 Å². The minimum absolute atomic E-state index is 0.0648. The van der Waals surface area contributed by atoms with Crippen molar-refractivity contribution in [2.45, 2.75) is 38.6 Å². The van der Waals surface area contributed by atoms with E-state index in [-0.39, 0.29) is 6.04 Å².